The maximum absolute atomic E-state index is 1.73. The van der Waals surface area contributed by atoms with Crippen LogP contribution in [0.25, 0.3) is 0 Å². The van der Waals surface area contributed by atoms with Crippen LogP contribution >= 0.6 is 23.8 Å². The Kier molecular flexibility index (Phi) is 14.7. The van der Waals surface area contributed by atoms with E-state index in [4.69, 9.17) is 0 Å². The minimum atomic E-state index is 0. The fraction of sp³-hybridized carbons (Fsp3) is 1.00. The molecular formula is C90H135P3Pd2. The topological polar surface area (TPSA) is 0 Å². The summed E-state index contributed by atoms with van der Waals surface area (Å²) in [5.41, 5.74) is 0. The Hall–Kier alpha value is 2.61. The van der Waals surface area contributed by atoms with Crippen molar-refractivity contribution in [3.8, 4) is 0 Å². The van der Waals surface area contributed by atoms with Crippen LogP contribution in [0.3, 0.4) is 0 Å². The average molecular weight is 1520 g/mol. The van der Waals surface area contributed by atoms with E-state index in [1.807, 2.05) is 0 Å². The molecule has 0 atom stereocenters. The zero-order valence-corrected chi connectivity index (χ0v) is 66.0. The second-order valence-electron chi connectivity index (χ2n) is 47.3. The van der Waals surface area contributed by atoms with Gasteiger partial charge in [0.25, 0.3) is 0 Å². The van der Waals surface area contributed by atoms with Gasteiger partial charge < -0.3 is 0 Å². The summed E-state index contributed by atoms with van der Waals surface area (Å²) in [4.78, 5) is 0. The molecule has 36 fully saturated rings. The van der Waals surface area contributed by atoms with E-state index >= 15 is 0 Å². The van der Waals surface area contributed by atoms with Gasteiger partial charge in [0.05, 0.1) is 0 Å². The summed E-state index contributed by atoms with van der Waals surface area (Å²) in [6, 6.07) is 0. The minimum absolute atomic E-state index is 0. The van der Waals surface area contributed by atoms with Crippen LogP contribution in [0.4, 0.5) is 0 Å². The molecule has 0 spiro atoms. The first kappa shape index (κ1) is 63.7. The molecule has 0 radical (unpaired) electrons. The summed E-state index contributed by atoms with van der Waals surface area (Å²) in [6.07, 6.45) is 91.5. The van der Waals surface area contributed by atoms with Crippen LogP contribution in [0.2, 0.25) is 0 Å². The van der Waals surface area contributed by atoms with Crippen molar-refractivity contribution in [1.82, 2.24) is 0 Å². The van der Waals surface area contributed by atoms with Crippen LogP contribution in [-0.4, -0.2) is 46.4 Å². The van der Waals surface area contributed by atoms with Crippen LogP contribution in [-0.2, 0) is 40.8 Å². The molecule has 0 aromatic heterocycles. The van der Waals surface area contributed by atoms with Crippen LogP contribution in [0.5, 0.6) is 0 Å². The molecule has 0 aliphatic heterocycles. The van der Waals surface area contributed by atoms with Gasteiger partial charge in [-0.3, -0.25) is 0 Å². The average Bonchev–Trinajstić information content (AvgIpc) is 0.690. The maximum Gasteiger partial charge on any atom is 0 e. The Morgan fingerprint density at radius 3 is 0.211 bits per heavy atom. The van der Waals surface area contributed by atoms with Crippen molar-refractivity contribution in [3.05, 3.63) is 0 Å². The van der Waals surface area contributed by atoms with Crippen molar-refractivity contribution < 1.29 is 40.8 Å². The molecule has 95 heavy (non-hydrogen) atoms. The second kappa shape index (κ2) is 21.9. The molecular weight excluding hydrogens is 1390 g/mol. The number of hydrogen-bond acceptors (Lipinski definition) is 0. The third-order valence-corrected chi connectivity index (χ3v) is 53.8. The Morgan fingerprint density at radius 1 is 0.105 bits per heavy atom. The molecule has 36 rings (SSSR count). The minimum Gasteiger partial charge on any atom is -0.0875 e. The van der Waals surface area contributed by atoms with E-state index < -0.39 is 0 Å². The summed E-state index contributed by atoms with van der Waals surface area (Å²) in [6.45, 7) is 0. The zero-order chi connectivity index (χ0) is 60.0. The maximum atomic E-state index is 1.73. The smallest absolute Gasteiger partial charge is 0 e. The van der Waals surface area contributed by atoms with Gasteiger partial charge in [-0.25, -0.2) is 0 Å². The molecule has 0 unspecified atom stereocenters. The quantitative estimate of drug-likeness (QED) is 0.159. The first-order valence-corrected chi connectivity index (χ1v) is 48.7. The van der Waals surface area contributed by atoms with Gasteiger partial charge in [0.2, 0.25) is 0 Å². The molecule has 36 aliphatic carbocycles. The molecule has 0 saturated heterocycles. The molecule has 0 aromatic rings. The summed E-state index contributed by atoms with van der Waals surface area (Å²) in [7, 11) is 0.651. The summed E-state index contributed by atoms with van der Waals surface area (Å²) in [5.74, 6) is 31.5. The Balaban J connectivity index is 0.0000000891. The van der Waals surface area contributed by atoms with Gasteiger partial charge in [-0.05, 0) is 553 Å². The van der Waals surface area contributed by atoms with E-state index in [1.54, 1.807) is 347 Å². The molecule has 5 heteroatoms. The normalized spacial score (nSPS) is 64.2. The van der Waals surface area contributed by atoms with E-state index in [9.17, 15) is 0 Å². The van der Waals surface area contributed by atoms with Gasteiger partial charge in [-0.2, -0.15) is 0 Å². The van der Waals surface area contributed by atoms with Gasteiger partial charge in [0.1, 0.15) is 0 Å². The summed E-state index contributed by atoms with van der Waals surface area (Å²) < 4.78 is 0. The van der Waals surface area contributed by atoms with Gasteiger partial charge in [-0.15, -0.1) is 0 Å². The first-order valence-electron chi connectivity index (χ1n) is 44.6. The van der Waals surface area contributed by atoms with E-state index in [1.165, 1.54) is 160 Å². The second-order valence-corrected chi connectivity index (χ2v) is 57.8. The molecule has 0 N–H and O–H groups in total. The standard InChI is InChI=1S/3C30H45P.2Pd/c3*1-19-2-21-3-20(1)11-28(10-19,12-21)31(29-13-22-4-23(14-29)6-24(5-22)15-29)30-16-25-7-26(17-30)9-27(8-25)18-30;;/h3*19-27H,1-18H2;;. The third-order valence-electron chi connectivity index (χ3n) is 40.3. The third kappa shape index (κ3) is 9.63. The fourth-order valence-electron chi connectivity index (χ4n) is 43.6. The predicted molar refractivity (Wildman–Crippen MR) is 389 cm³/mol. The van der Waals surface area contributed by atoms with Gasteiger partial charge in [-0.1, -0.05) is 23.8 Å². The molecule has 0 heterocycles. The molecule has 36 bridgehead atoms. The molecule has 0 aromatic carbocycles. The predicted octanol–water partition coefficient (Wildman–Crippen LogP) is 25.1. The van der Waals surface area contributed by atoms with Crippen LogP contribution in [0.1, 0.15) is 347 Å². The fourth-order valence-corrected chi connectivity index (χ4v) is 64.5. The summed E-state index contributed by atoms with van der Waals surface area (Å²) >= 11 is 0. The molecule has 36 aliphatic rings. The van der Waals surface area contributed by atoms with E-state index in [0.29, 0.717) is 0 Å². The van der Waals surface area contributed by atoms with Crippen LogP contribution < -0.4 is 0 Å². The Labute approximate surface area is 612 Å². The monoisotopic (exact) mass is 1520 g/mol. The van der Waals surface area contributed by atoms with Gasteiger partial charge >= 0.3 is 0 Å². The molecule has 530 valence electrons. The van der Waals surface area contributed by atoms with E-state index in [-0.39, 0.29) is 64.6 Å². The van der Waals surface area contributed by atoms with Crippen molar-refractivity contribution in [2.45, 2.75) is 393 Å². The van der Waals surface area contributed by atoms with Crippen LogP contribution in [0.15, 0.2) is 0 Å². The van der Waals surface area contributed by atoms with Gasteiger partial charge in [0, 0.05) is 40.8 Å². The van der Waals surface area contributed by atoms with Gasteiger partial charge in [0.15, 0.2) is 0 Å². The largest absolute Gasteiger partial charge is 0.0875 e. The summed E-state index contributed by atoms with van der Waals surface area (Å²) in [5, 5.41) is 7.89. The number of rotatable bonds is 9. The Morgan fingerprint density at radius 2 is 0.158 bits per heavy atom. The van der Waals surface area contributed by atoms with E-state index in [0.717, 1.165) is 46.4 Å². The molecule has 0 nitrogen and oxygen atoms in total. The van der Waals surface area contributed by atoms with Crippen molar-refractivity contribution in [3.63, 3.8) is 0 Å². The first-order chi connectivity index (χ1) is 45.2. The van der Waals surface area contributed by atoms with Crippen molar-refractivity contribution in [2.75, 3.05) is 0 Å². The molecule has 0 amide bonds. The number of hydrogen-bond donors (Lipinski definition) is 0. The van der Waals surface area contributed by atoms with Crippen LogP contribution in [0, 0.1) is 160 Å². The Bertz CT molecular complexity index is 2070. The van der Waals surface area contributed by atoms with Crippen molar-refractivity contribution >= 4 is 23.8 Å². The molecule has 36 saturated carbocycles. The van der Waals surface area contributed by atoms with Crippen molar-refractivity contribution in [2.24, 2.45) is 160 Å². The zero-order valence-electron chi connectivity index (χ0n) is 60.2. The SMILES string of the molecule is C1C2CC3CC1CC(P(C14CC5CC(CC(C5)C1)C4)C14CC5CC(CC(C5)C1)C4)(C2)C3.C1C2CC3CC1CC(P(C14CC5CC(CC(C5)C1)C4)C14CC5CC(CC(C5)C1)C4)(C2)C3.C1C2CC3CC1CC(P(C14CC5CC(CC(C5)C1)C4)C14CC5CC(CC(C5)C1)C4)(C2)C3.[Pd].[Pd]. The van der Waals surface area contributed by atoms with Crippen molar-refractivity contribution in [1.29, 1.82) is 0 Å². The van der Waals surface area contributed by atoms with E-state index in [2.05, 4.69) is 0 Å².